The molecule has 3 aromatic rings. The normalized spacial score (nSPS) is 18.6. The fraction of sp³-hybridized carbons (Fsp3) is 0.238. The van der Waals surface area contributed by atoms with E-state index in [1.165, 1.54) is 23.5 Å². The van der Waals surface area contributed by atoms with Crippen LogP contribution in [0.3, 0.4) is 0 Å². The number of hydrogen-bond acceptors (Lipinski definition) is 7. The molecule has 32 heavy (non-hydrogen) atoms. The summed E-state index contributed by atoms with van der Waals surface area (Å²) < 4.78 is 40.7. The quantitative estimate of drug-likeness (QED) is 0.534. The van der Waals surface area contributed by atoms with Crippen molar-refractivity contribution in [2.45, 2.75) is 18.6 Å². The summed E-state index contributed by atoms with van der Waals surface area (Å²) in [5, 5.41) is 22.4. The zero-order valence-corrected chi connectivity index (χ0v) is 17.2. The van der Waals surface area contributed by atoms with Gasteiger partial charge in [-0.25, -0.2) is 0 Å². The van der Waals surface area contributed by atoms with E-state index in [2.05, 4.69) is 15.0 Å². The van der Waals surface area contributed by atoms with Gasteiger partial charge in [0, 0.05) is 41.8 Å². The van der Waals surface area contributed by atoms with Gasteiger partial charge < -0.3 is 25.2 Å². The van der Waals surface area contributed by atoms with Crippen LogP contribution in [0.1, 0.15) is 10.4 Å². The maximum Gasteiger partial charge on any atom is 0.573 e. The van der Waals surface area contributed by atoms with E-state index in [0.29, 0.717) is 11.3 Å². The summed E-state index contributed by atoms with van der Waals surface area (Å²) in [5.74, 6) is -0.837. The number of aliphatic hydroxyl groups excluding tert-OH is 2. The van der Waals surface area contributed by atoms with Gasteiger partial charge in [0.1, 0.15) is 5.75 Å². The summed E-state index contributed by atoms with van der Waals surface area (Å²) in [7, 11) is 0. The molecule has 1 aromatic heterocycles. The second-order valence-electron chi connectivity index (χ2n) is 7.16. The van der Waals surface area contributed by atoms with Gasteiger partial charge in [0.2, 0.25) is 0 Å². The van der Waals surface area contributed by atoms with E-state index < -0.39 is 24.5 Å². The molecule has 0 saturated carbocycles. The number of halogens is 3. The first-order chi connectivity index (χ1) is 15.2. The number of thiazole rings is 1. The van der Waals surface area contributed by atoms with Crippen molar-refractivity contribution in [3.05, 3.63) is 59.7 Å². The van der Waals surface area contributed by atoms with E-state index in [0.717, 1.165) is 28.3 Å². The number of benzene rings is 2. The van der Waals surface area contributed by atoms with Crippen LogP contribution in [0.15, 0.2) is 54.2 Å². The number of hydrogen-bond donors (Lipinski definition) is 3. The molecule has 11 heteroatoms. The van der Waals surface area contributed by atoms with E-state index in [9.17, 15) is 28.2 Å². The number of nitrogens with zero attached hydrogens (tertiary/aromatic N) is 2. The van der Waals surface area contributed by atoms with Crippen LogP contribution in [0.4, 0.5) is 24.5 Å². The second kappa shape index (κ2) is 8.77. The molecule has 2 aromatic carbocycles. The molecule has 2 atom stereocenters. The molecular weight excluding hydrogens is 447 g/mol. The Morgan fingerprint density at radius 1 is 1.12 bits per heavy atom. The molecule has 1 saturated heterocycles. The molecule has 0 aliphatic carbocycles. The van der Waals surface area contributed by atoms with Crippen molar-refractivity contribution < 1.29 is 32.9 Å². The third kappa shape index (κ3) is 5.01. The smallest absolute Gasteiger partial charge is 0.406 e. The van der Waals surface area contributed by atoms with Crippen molar-refractivity contribution in [3.63, 3.8) is 0 Å². The summed E-state index contributed by atoms with van der Waals surface area (Å²) in [6, 6.07) is 9.85. The van der Waals surface area contributed by atoms with E-state index in [-0.39, 0.29) is 18.8 Å². The monoisotopic (exact) mass is 465 g/mol. The number of aromatic nitrogens is 1. The minimum atomic E-state index is -4.79. The predicted octanol–water partition coefficient (Wildman–Crippen LogP) is 3.50. The van der Waals surface area contributed by atoms with Gasteiger partial charge in [0.25, 0.3) is 5.91 Å². The molecule has 168 valence electrons. The van der Waals surface area contributed by atoms with Gasteiger partial charge >= 0.3 is 6.36 Å². The molecular formula is C21H18F3N3O4S. The van der Waals surface area contributed by atoms with Crippen LogP contribution in [-0.4, -0.2) is 52.8 Å². The lowest BCUT2D eigenvalue weighted by molar-refractivity contribution is -0.274. The third-order valence-electron chi connectivity index (χ3n) is 4.90. The first kappa shape index (κ1) is 22.1. The summed E-state index contributed by atoms with van der Waals surface area (Å²) in [5.41, 5.74) is 3.75. The van der Waals surface area contributed by atoms with Gasteiger partial charge in [0.15, 0.2) is 0 Å². The van der Waals surface area contributed by atoms with Crippen molar-refractivity contribution in [2.75, 3.05) is 23.3 Å². The van der Waals surface area contributed by atoms with Crippen molar-refractivity contribution in [1.29, 1.82) is 0 Å². The zero-order valence-electron chi connectivity index (χ0n) is 16.4. The molecule has 0 radical (unpaired) electrons. The van der Waals surface area contributed by atoms with Crippen molar-refractivity contribution in [2.24, 2.45) is 0 Å². The SMILES string of the molecule is O=C(Nc1ccc(OC(F)(F)F)cc1)c1ccc(N2CC(O)C(O)C2)c(-c2cncs2)c1. The number of amides is 1. The van der Waals surface area contributed by atoms with Crippen molar-refractivity contribution in [3.8, 4) is 16.2 Å². The van der Waals surface area contributed by atoms with Crippen LogP contribution in [-0.2, 0) is 0 Å². The Balaban J connectivity index is 1.56. The summed E-state index contributed by atoms with van der Waals surface area (Å²) in [4.78, 5) is 19.5. The second-order valence-corrected chi connectivity index (χ2v) is 8.05. The molecule has 0 spiro atoms. The fourth-order valence-corrected chi connectivity index (χ4v) is 4.06. The number of β-amino-alcohol motifs (C(OH)–C–C–N with tert-alkyl or cyclic N) is 2. The number of alkyl halides is 3. The number of aliphatic hydroxyl groups is 2. The Morgan fingerprint density at radius 3 is 2.41 bits per heavy atom. The van der Waals surface area contributed by atoms with Gasteiger partial charge in [-0.3, -0.25) is 9.78 Å². The molecule has 0 bridgehead atoms. The minimum Gasteiger partial charge on any atom is -0.406 e. The van der Waals surface area contributed by atoms with Crippen LogP contribution in [0.25, 0.3) is 10.4 Å². The Labute approximate surface area is 184 Å². The van der Waals surface area contributed by atoms with Gasteiger partial charge in [-0.2, -0.15) is 0 Å². The lowest BCUT2D eigenvalue weighted by Gasteiger charge is -2.21. The highest BCUT2D eigenvalue weighted by Gasteiger charge is 2.32. The summed E-state index contributed by atoms with van der Waals surface area (Å²) in [6.45, 7) is 0.510. The Hall–Kier alpha value is -3.15. The largest absolute Gasteiger partial charge is 0.573 e. The first-order valence-electron chi connectivity index (χ1n) is 9.51. The number of carbonyl (C=O) groups excluding carboxylic acids is 1. The number of anilines is 2. The van der Waals surface area contributed by atoms with Gasteiger partial charge in [0.05, 0.1) is 22.6 Å². The molecule has 4 rings (SSSR count). The maximum atomic E-state index is 12.8. The van der Waals surface area contributed by atoms with E-state index in [1.54, 1.807) is 29.9 Å². The number of nitrogens with one attached hydrogen (secondary N) is 1. The van der Waals surface area contributed by atoms with E-state index in [1.807, 2.05) is 4.90 Å². The average molecular weight is 465 g/mol. The highest BCUT2D eigenvalue weighted by atomic mass is 32.1. The van der Waals surface area contributed by atoms with Crippen molar-refractivity contribution >= 4 is 28.6 Å². The zero-order chi connectivity index (χ0) is 22.9. The van der Waals surface area contributed by atoms with Crippen LogP contribution < -0.4 is 15.0 Å². The van der Waals surface area contributed by atoms with Crippen LogP contribution in [0.5, 0.6) is 5.75 Å². The molecule has 7 nitrogen and oxygen atoms in total. The molecule has 1 aliphatic rings. The lowest BCUT2D eigenvalue weighted by Crippen LogP contribution is -2.22. The van der Waals surface area contributed by atoms with Gasteiger partial charge in [-0.15, -0.1) is 24.5 Å². The van der Waals surface area contributed by atoms with E-state index in [4.69, 9.17) is 0 Å². The maximum absolute atomic E-state index is 12.8. The number of rotatable bonds is 5. The molecule has 2 unspecified atom stereocenters. The molecule has 1 aliphatic heterocycles. The molecule has 1 fully saturated rings. The topological polar surface area (TPSA) is 94.9 Å². The van der Waals surface area contributed by atoms with E-state index >= 15 is 0 Å². The summed E-state index contributed by atoms with van der Waals surface area (Å²) >= 11 is 1.38. The Kier molecular flexibility index (Phi) is 6.04. The lowest BCUT2D eigenvalue weighted by atomic mass is 10.1. The number of ether oxygens (including phenoxy) is 1. The number of carbonyl (C=O) groups is 1. The Morgan fingerprint density at radius 2 is 1.81 bits per heavy atom. The van der Waals surface area contributed by atoms with Crippen LogP contribution >= 0.6 is 11.3 Å². The van der Waals surface area contributed by atoms with Crippen LogP contribution in [0, 0.1) is 0 Å². The van der Waals surface area contributed by atoms with Gasteiger partial charge in [-0.1, -0.05) is 0 Å². The standard InChI is InChI=1S/C21H18F3N3O4S/c22-21(23,24)31-14-4-2-13(3-5-14)26-20(30)12-1-6-16(27-9-17(28)18(29)10-27)15(7-12)19-8-25-11-32-19/h1-8,11,17-18,28-29H,9-10H2,(H,26,30). The van der Waals surface area contributed by atoms with Crippen LogP contribution in [0.2, 0.25) is 0 Å². The highest BCUT2D eigenvalue weighted by Crippen LogP contribution is 2.36. The summed E-state index contributed by atoms with van der Waals surface area (Å²) in [6.07, 6.45) is -4.86. The third-order valence-corrected chi connectivity index (χ3v) is 5.71. The molecule has 3 N–H and O–H groups in total. The Bertz CT molecular complexity index is 1080. The fourth-order valence-electron chi connectivity index (χ4n) is 3.41. The van der Waals surface area contributed by atoms with Gasteiger partial charge in [-0.05, 0) is 42.5 Å². The minimum absolute atomic E-state index is 0.255. The average Bonchev–Trinajstić information content (AvgIpc) is 3.38. The predicted molar refractivity (Wildman–Crippen MR) is 113 cm³/mol. The first-order valence-corrected chi connectivity index (χ1v) is 10.4. The molecule has 2 heterocycles. The molecule has 1 amide bonds. The highest BCUT2D eigenvalue weighted by molar-refractivity contribution is 7.13. The van der Waals surface area contributed by atoms with Crippen molar-refractivity contribution in [1.82, 2.24) is 4.98 Å².